The van der Waals surface area contributed by atoms with Gasteiger partial charge in [-0.05, 0) is 40.5 Å². The van der Waals surface area contributed by atoms with Crippen molar-refractivity contribution >= 4 is 37.7 Å². The number of nitrogens with two attached hydrogens (primary N) is 1. The number of hydrogen-bond acceptors (Lipinski definition) is 2. The maximum Gasteiger partial charge on any atom is 0.136 e. The molecule has 1 aromatic carbocycles. The minimum Gasteiger partial charge on any atom is -0.383 e. The first kappa shape index (κ1) is 12.6. The number of halogens is 3. The van der Waals surface area contributed by atoms with Crippen LogP contribution >= 0.6 is 31.9 Å². The topological polar surface area (TPSA) is 43.8 Å². The molecular weight excluding hydrogens is 353 g/mol. The van der Waals surface area contributed by atoms with E-state index < -0.39 is 0 Å². The second kappa shape index (κ2) is 4.78. The zero-order valence-corrected chi connectivity index (χ0v) is 12.2. The second-order valence-electron chi connectivity index (χ2n) is 3.66. The quantitative estimate of drug-likeness (QED) is 0.884. The molecule has 1 aromatic heterocycles. The number of anilines is 1. The molecule has 2 rings (SSSR count). The fraction of sp³-hybridized carbons (Fsp3) is 0.182. The molecule has 0 aliphatic carbocycles. The van der Waals surface area contributed by atoms with Gasteiger partial charge in [0, 0.05) is 4.47 Å². The fourth-order valence-corrected chi connectivity index (χ4v) is 2.59. The zero-order chi connectivity index (χ0) is 12.6. The maximum atomic E-state index is 13.0. The van der Waals surface area contributed by atoms with Crippen molar-refractivity contribution < 1.29 is 4.39 Å². The van der Waals surface area contributed by atoms with Gasteiger partial charge >= 0.3 is 0 Å². The van der Waals surface area contributed by atoms with E-state index in [9.17, 15) is 4.39 Å². The summed E-state index contributed by atoms with van der Waals surface area (Å²) in [5.41, 5.74) is 6.81. The summed E-state index contributed by atoms with van der Waals surface area (Å²) in [7, 11) is 0. The molecule has 3 nitrogen and oxygen atoms in total. The Labute approximate surface area is 115 Å². The number of hydrogen-bond donors (Lipinski definition) is 1. The molecule has 17 heavy (non-hydrogen) atoms. The molecule has 0 radical (unpaired) electrons. The molecule has 1 atom stereocenters. The minimum atomic E-state index is -0.276. The molecular formula is C11H10Br2FN3. The van der Waals surface area contributed by atoms with E-state index in [4.69, 9.17) is 5.73 Å². The first-order valence-electron chi connectivity index (χ1n) is 4.94. The third-order valence-corrected chi connectivity index (χ3v) is 3.86. The molecule has 0 fully saturated rings. The van der Waals surface area contributed by atoms with Gasteiger partial charge < -0.3 is 5.73 Å². The Balaban J connectivity index is 2.43. The molecule has 0 saturated carbocycles. The lowest BCUT2D eigenvalue weighted by Crippen LogP contribution is -2.12. The maximum absolute atomic E-state index is 13.0. The Bertz CT molecular complexity index is 554. The van der Waals surface area contributed by atoms with Gasteiger partial charge in [0.2, 0.25) is 0 Å². The average Bonchev–Trinajstić information content (AvgIpc) is 2.59. The van der Waals surface area contributed by atoms with E-state index in [0.29, 0.717) is 10.3 Å². The largest absolute Gasteiger partial charge is 0.383 e. The van der Waals surface area contributed by atoms with Gasteiger partial charge in [-0.15, -0.1) is 0 Å². The van der Waals surface area contributed by atoms with Crippen LogP contribution < -0.4 is 5.73 Å². The van der Waals surface area contributed by atoms with E-state index >= 15 is 0 Å². The Morgan fingerprint density at radius 1 is 1.35 bits per heavy atom. The number of nitrogen functional groups attached to an aromatic ring is 1. The molecule has 0 amide bonds. The van der Waals surface area contributed by atoms with Crippen molar-refractivity contribution in [2.75, 3.05) is 5.73 Å². The van der Waals surface area contributed by atoms with Gasteiger partial charge in [-0.2, -0.15) is 5.10 Å². The van der Waals surface area contributed by atoms with Crippen LogP contribution in [0.25, 0.3) is 0 Å². The highest BCUT2D eigenvalue weighted by Gasteiger charge is 2.16. The zero-order valence-electron chi connectivity index (χ0n) is 8.99. The second-order valence-corrected chi connectivity index (χ2v) is 5.37. The van der Waals surface area contributed by atoms with Gasteiger partial charge in [0.05, 0.1) is 16.7 Å². The van der Waals surface area contributed by atoms with Crippen LogP contribution in [-0.4, -0.2) is 9.78 Å². The van der Waals surface area contributed by atoms with Gasteiger partial charge in [0.1, 0.15) is 11.6 Å². The number of nitrogens with zero attached hydrogens (tertiary/aromatic N) is 2. The lowest BCUT2D eigenvalue weighted by Gasteiger charge is -2.16. The van der Waals surface area contributed by atoms with Crippen LogP contribution in [0, 0.1) is 5.82 Å². The van der Waals surface area contributed by atoms with Crippen molar-refractivity contribution in [2.24, 2.45) is 0 Å². The molecule has 90 valence electrons. The van der Waals surface area contributed by atoms with Crippen LogP contribution in [0.4, 0.5) is 10.2 Å². The molecule has 2 aromatic rings. The highest BCUT2D eigenvalue weighted by atomic mass is 79.9. The van der Waals surface area contributed by atoms with Gasteiger partial charge in [-0.25, -0.2) is 9.07 Å². The van der Waals surface area contributed by atoms with Crippen LogP contribution in [0.15, 0.2) is 33.3 Å². The highest BCUT2D eigenvalue weighted by Crippen LogP contribution is 2.30. The molecule has 2 N–H and O–H groups in total. The van der Waals surface area contributed by atoms with Crippen LogP contribution in [0.2, 0.25) is 0 Å². The Morgan fingerprint density at radius 2 is 2.06 bits per heavy atom. The van der Waals surface area contributed by atoms with Crippen molar-refractivity contribution in [3.8, 4) is 0 Å². The first-order valence-corrected chi connectivity index (χ1v) is 6.52. The van der Waals surface area contributed by atoms with Gasteiger partial charge in [-0.3, -0.25) is 0 Å². The van der Waals surface area contributed by atoms with Crippen LogP contribution in [0.3, 0.4) is 0 Å². The molecule has 6 heteroatoms. The minimum absolute atomic E-state index is 0.0729. The predicted molar refractivity (Wildman–Crippen MR) is 72.3 cm³/mol. The van der Waals surface area contributed by atoms with Crippen LogP contribution in [0.5, 0.6) is 0 Å². The predicted octanol–water partition coefficient (Wildman–Crippen LogP) is 3.74. The number of rotatable bonds is 2. The third kappa shape index (κ3) is 2.37. The normalized spacial score (nSPS) is 12.7. The molecule has 0 bridgehead atoms. The Kier molecular flexibility index (Phi) is 3.53. The fourth-order valence-electron chi connectivity index (χ4n) is 1.63. The van der Waals surface area contributed by atoms with Crippen LogP contribution in [0.1, 0.15) is 18.5 Å². The van der Waals surface area contributed by atoms with Gasteiger partial charge in [-0.1, -0.05) is 22.0 Å². The first-order chi connectivity index (χ1) is 8.00. The van der Waals surface area contributed by atoms with Gasteiger partial charge in [0.25, 0.3) is 0 Å². The van der Waals surface area contributed by atoms with Gasteiger partial charge in [0.15, 0.2) is 0 Å². The summed E-state index contributed by atoms with van der Waals surface area (Å²) in [6.45, 7) is 1.95. The van der Waals surface area contributed by atoms with E-state index in [1.54, 1.807) is 16.9 Å². The van der Waals surface area contributed by atoms with E-state index in [1.807, 2.05) is 6.92 Å². The Morgan fingerprint density at radius 3 is 2.59 bits per heavy atom. The standard InChI is InChI=1S/C11H10Br2FN3/c1-6(17-11(15)10(13)5-16-17)8-3-2-7(14)4-9(8)12/h2-6H,15H2,1H3. The van der Waals surface area contributed by atoms with Crippen molar-refractivity contribution in [3.63, 3.8) is 0 Å². The third-order valence-electron chi connectivity index (χ3n) is 2.57. The molecule has 0 aliphatic heterocycles. The summed E-state index contributed by atoms with van der Waals surface area (Å²) in [4.78, 5) is 0. The Hall–Kier alpha value is -0.880. The summed E-state index contributed by atoms with van der Waals surface area (Å²) >= 11 is 6.65. The lowest BCUT2D eigenvalue weighted by atomic mass is 10.1. The summed E-state index contributed by atoms with van der Waals surface area (Å²) in [6, 6.07) is 4.50. The van der Waals surface area contributed by atoms with Crippen molar-refractivity contribution in [1.29, 1.82) is 0 Å². The van der Waals surface area contributed by atoms with E-state index in [2.05, 4.69) is 37.0 Å². The SMILES string of the molecule is CC(c1ccc(F)cc1Br)n1ncc(Br)c1N. The number of aromatic nitrogens is 2. The molecule has 0 spiro atoms. The van der Waals surface area contributed by atoms with Crippen LogP contribution in [-0.2, 0) is 0 Å². The number of benzene rings is 1. The molecule has 1 unspecified atom stereocenters. The van der Waals surface area contributed by atoms with Crippen molar-refractivity contribution in [1.82, 2.24) is 9.78 Å². The van der Waals surface area contributed by atoms with Crippen molar-refractivity contribution in [3.05, 3.63) is 44.7 Å². The molecule has 0 saturated heterocycles. The average molecular weight is 363 g/mol. The smallest absolute Gasteiger partial charge is 0.136 e. The highest BCUT2D eigenvalue weighted by molar-refractivity contribution is 9.10. The van der Waals surface area contributed by atoms with E-state index in [-0.39, 0.29) is 11.9 Å². The summed E-state index contributed by atoms with van der Waals surface area (Å²) in [6.07, 6.45) is 1.64. The summed E-state index contributed by atoms with van der Waals surface area (Å²) in [5.74, 6) is 0.274. The lowest BCUT2D eigenvalue weighted by molar-refractivity contribution is 0.567. The molecule has 0 aliphatic rings. The molecule has 1 heterocycles. The monoisotopic (exact) mass is 361 g/mol. The summed E-state index contributed by atoms with van der Waals surface area (Å²) < 4.78 is 16.2. The summed E-state index contributed by atoms with van der Waals surface area (Å²) in [5, 5.41) is 4.19. The van der Waals surface area contributed by atoms with E-state index in [1.165, 1.54) is 12.1 Å². The van der Waals surface area contributed by atoms with E-state index in [0.717, 1.165) is 10.0 Å². The van der Waals surface area contributed by atoms with Crippen molar-refractivity contribution in [2.45, 2.75) is 13.0 Å².